The number of benzene rings is 2. The van der Waals surface area contributed by atoms with Crippen LogP contribution in [0, 0.1) is 19.7 Å². The van der Waals surface area contributed by atoms with Crippen LogP contribution in [0.2, 0.25) is 5.15 Å². The first-order valence-electron chi connectivity index (χ1n) is 9.64. The summed E-state index contributed by atoms with van der Waals surface area (Å²) in [5.41, 5.74) is 3.32. The highest BCUT2D eigenvalue weighted by molar-refractivity contribution is 6.29. The first-order chi connectivity index (χ1) is 14.9. The Labute approximate surface area is 183 Å². The first kappa shape index (κ1) is 20.8. The second kappa shape index (κ2) is 8.70. The second-order valence-electron chi connectivity index (χ2n) is 7.12. The maximum atomic E-state index is 14.0. The second-order valence-corrected chi connectivity index (χ2v) is 7.48. The normalized spacial score (nSPS) is 10.8. The number of fused-ring (bicyclic) bond motifs is 1. The molecule has 0 unspecified atom stereocenters. The number of nitrogens with one attached hydrogen (secondary N) is 1. The van der Waals surface area contributed by atoms with E-state index in [2.05, 4.69) is 15.3 Å². The summed E-state index contributed by atoms with van der Waals surface area (Å²) < 4.78 is 20.2. The van der Waals surface area contributed by atoms with Crippen LogP contribution in [0.1, 0.15) is 27.0 Å². The van der Waals surface area contributed by atoms with Gasteiger partial charge in [-0.25, -0.2) is 9.37 Å². The van der Waals surface area contributed by atoms with Crippen LogP contribution in [0.4, 0.5) is 4.39 Å². The minimum Gasteiger partial charge on any atom is -0.456 e. The van der Waals surface area contributed by atoms with Crippen molar-refractivity contribution in [3.05, 3.63) is 94.1 Å². The molecular formula is C24H19ClFN3O2. The molecule has 0 atom stereocenters. The minimum atomic E-state index is -0.641. The Kier molecular flexibility index (Phi) is 5.82. The van der Waals surface area contributed by atoms with Crippen molar-refractivity contribution in [2.24, 2.45) is 0 Å². The zero-order valence-corrected chi connectivity index (χ0v) is 17.7. The predicted molar refractivity (Wildman–Crippen MR) is 118 cm³/mol. The Morgan fingerprint density at radius 1 is 1.06 bits per heavy atom. The highest BCUT2D eigenvalue weighted by atomic mass is 35.5. The predicted octanol–water partition coefficient (Wildman–Crippen LogP) is 5.76. The van der Waals surface area contributed by atoms with E-state index in [9.17, 15) is 9.18 Å². The lowest BCUT2D eigenvalue weighted by Crippen LogP contribution is -2.24. The Morgan fingerprint density at radius 3 is 2.71 bits per heavy atom. The molecule has 156 valence electrons. The van der Waals surface area contributed by atoms with Gasteiger partial charge in [0.1, 0.15) is 11.5 Å². The van der Waals surface area contributed by atoms with Gasteiger partial charge in [-0.2, -0.15) is 0 Å². The number of aromatic nitrogens is 2. The summed E-state index contributed by atoms with van der Waals surface area (Å²) in [7, 11) is 0. The molecule has 1 amide bonds. The topological polar surface area (TPSA) is 64.1 Å². The van der Waals surface area contributed by atoms with Crippen molar-refractivity contribution in [3.8, 4) is 11.5 Å². The van der Waals surface area contributed by atoms with Crippen molar-refractivity contribution in [2.75, 3.05) is 0 Å². The Balaban J connectivity index is 1.57. The number of aryl methyl sites for hydroxylation is 1. The quantitative estimate of drug-likeness (QED) is 0.405. The third kappa shape index (κ3) is 4.34. The van der Waals surface area contributed by atoms with Gasteiger partial charge in [0.2, 0.25) is 0 Å². The first-order valence-corrected chi connectivity index (χ1v) is 10.0. The zero-order valence-electron chi connectivity index (χ0n) is 16.9. The summed E-state index contributed by atoms with van der Waals surface area (Å²) in [6, 6.07) is 14.5. The fourth-order valence-electron chi connectivity index (χ4n) is 3.27. The molecule has 4 rings (SSSR count). The van der Waals surface area contributed by atoms with Crippen molar-refractivity contribution in [1.82, 2.24) is 15.3 Å². The molecule has 0 aliphatic heterocycles. The molecule has 1 N–H and O–H groups in total. The van der Waals surface area contributed by atoms with Crippen LogP contribution in [0.15, 0.2) is 60.9 Å². The van der Waals surface area contributed by atoms with E-state index in [1.54, 1.807) is 30.5 Å². The molecule has 0 saturated carbocycles. The lowest BCUT2D eigenvalue weighted by Gasteiger charge is -2.14. The molecule has 31 heavy (non-hydrogen) atoms. The van der Waals surface area contributed by atoms with Crippen LogP contribution in [0.3, 0.4) is 0 Å². The number of amides is 1. The van der Waals surface area contributed by atoms with Crippen molar-refractivity contribution >= 4 is 28.4 Å². The van der Waals surface area contributed by atoms with Gasteiger partial charge < -0.3 is 10.1 Å². The maximum Gasteiger partial charge on any atom is 0.251 e. The Bertz CT molecular complexity index is 1290. The van der Waals surface area contributed by atoms with E-state index in [0.29, 0.717) is 22.6 Å². The number of ether oxygens (including phenoxy) is 1. The summed E-state index contributed by atoms with van der Waals surface area (Å²) >= 11 is 5.70. The number of carbonyl (C=O) groups is 1. The van der Waals surface area contributed by atoms with Gasteiger partial charge >= 0.3 is 0 Å². The van der Waals surface area contributed by atoms with Crippen LogP contribution < -0.4 is 10.1 Å². The Hall–Kier alpha value is -3.51. The summed E-state index contributed by atoms with van der Waals surface area (Å²) in [6.07, 6.45) is 3.09. The van der Waals surface area contributed by atoms with Crippen LogP contribution in [0.25, 0.3) is 10.9 Å². The SMILES string of the molecule is Cc1ccc2c(Oc3cccc(C(=O)NCc4ccnc(Cl)c4F)c3C)ccnc2c1. The minimum absolute atomic E-state index is 0.00816. The lowest BCUT2D eigenvalue weighted by atomic mass is 10.1. The van der Waals surface area contributed by atoms with E-state index in [-0.39, 0.29) is 23.2 Å². The van der Waals surface area contributed by atoms with Gasteiger partial charge in [0, 0.05) is 41.0 Å². The largest absolute Gasteiger partial charge is 0.456 e. The van der Waals surface area contributed by atoms with E-state index in [4.69, 9.17) is 16.3 Å². The molecule has 5 nitrogen and oxygen atoms in total. The monoisotopic (exact) mass is 435 g/mol. The molecule has 4 aromatic rings. The van der Waals surface area contributed by atoms with Gasteiger partial charge in [0.25, 0.3) is 5.91 Å². The summed E-state index contributed by atoms with van der Waals surface area (Å²) in [5, 5.41) is 3.38. The number of hydrogen-bond acceptors (Lipinski definition) is 4. The molecule has 2 heterocycles. The van der Waals surface area contributed by atoms with Gasteiger partial charge in [-0.15, -0.1) is 0 Å². The fourth-order valence-corrected chi connectivity index (χ4v) is 3.45. The summed E-state index contributed by atoms with van der Waals surface area (Å²) in [4.78, 5) is 20.8. The molecule has 2 aromatic heterocycles. The molecule has 0 aliphatic carbocycles. The van der Waals surface area contributed by atoms with Gasteiger partial charge in [-0.05, 0) is 55.8 Å². The number of halogens is 2. The molecule has 0 saturated heterocycles. The molecule has 7 heteroatoms. The number of hydrogen-bond donors (Lipinski definition) is 1. The molecule has 0 bridgehead atoms. The lowest BCUT2D eigenvalue weighted by molar-refractivity contribution is 0.0949. The number of nitrogens with zero attached hydrogens (tertiary/aromatic N) is 2. The van der Waals surface area contributed by atoms with Crippen molar-refractivity contribution < 1.29 is 13.9 Å². The average molecular weight is 436 g/mol. The van der Waals surface area contributed by atoms with Gasteiger partial charge in [-0.1, -0.05) is 23.7 Å². The van der Waals surface area contributed by atoms with E-state index in [1.165, 1.54) is 12.3 Å². The smallest absolute Gasteiger partial charge is 0.251 e. The Morgan fingerprint density at radius 2 is 1.87 bits per heavy atom. The van der Waals surface area contributed by atoms with E-state index >= 15 is 0 Å². The average Bonchev–Trinajstić information content (AvgIpc) is 2.76. The van der Waals surface area contributed by atoms with Crippen LogP contribution in [-0.4, -0.2) is 15.9 Å². The van der Waals surface area contributed by atoms with Crippen LogP contribution in [0.5, 0.6) is 11.5 Å². The van der Waals surface area contributed by atoms with Crippen molar-refractivity contribution in [2.45, 2.75) is 20.4 Å². The highest BCUT2D eigenvalue weighted by Crippen LogP contribution is 2.32. The van der Waals surface area contributed by atoms with Gasteiger partial charge in [-0.3, -0.25) is 9.78 Å². The van der Waals surface area contributed by atoms with Gasteiger partial charge in [0.05, 0.1) is 5.52 Å². The maximum absolute atomic E-state index is 14.0. The zero-order chi connectivity index (χ0) is 22.0. The van der Waals surface area contributed by atoms with Crippen molar-refractivity contribution in [3.63, 3.8) is 0 Å². The molecule has 0 aliphatic rings. The van der Waals surface area contributed by atoms with E-state index in [0.717, 1.165) is 16.5 Å². The number of rotatable bonds is 5. The standard InChI is InChI=1S/C24H19ClFN3O2/c1-14-6-7-18-19(12-14)27-11-9-21(18)31-20-5-3-4-17(15(20)2)24(30)29-13-16-8-10-28-23(25)22(16)26/h3-12H,13H2,1-2H3,(H,29,30). The van der Waals surface area contributed by atoms with Crippen molar-refractivity contribution in [1.29, 1.82) is 0 Å². The molecular weight excluding hydrogens is 417 g/mol. The fraction of sp³-hybridized carbons (Fsp3) is 0.125. The summed E-state index contributed by atoms with van der Waals surface area (Å²) in [5.74, 6) is 0.224. The van der Waals surface area contributed by atoms with E-state index in [1.807, 2.05) is 32.0 Å². The number of carbonyl (C=O) groups excluding carboxylic acids is 1. The number of pyridine rings is 2. The molecule has 0 radical (unpaired) electrons. The molecule has 0 spiro atoms. The van der Waals surface area contributed by atoms with E-state index < -0.39 is 5.82 Å². The van der Waals surface area contributed by atoms with Crippen LogP contribution in [-0.2, 0) is 6.54 Å². The van der Waals surface area contributed by atoms with Gasteiger partial charge in [0.15, 0.2) is 11.0 Å². The third-order valence-corrected chi connectivity index (χ3v) is 5.24. The molecule has 2 aromatic carbocycles. The summed E-state index contributed by atoms with van der Waals surface area (Å²) in [6.45, 7) is 3.81. The molecule has 0 fully saturated rings. The van der Waals surface area contributed by atoms with Crippen LogP contribution >= 0.6 is 11.6 Å². The highest BCUT2D eigenvalue weighted by Gasteiger charge is 2.15. The third-order valence-electron chi connectivity index (χ3n) is 4.97.